The van der Waals surface area contributed by atoms with Gasteiger partial charge in [-0.1, -0.05) is 48.2 Å². The van der Waals surface area contributed by atoms with Crippen LogP contribution in [0.2, 0.25) is 0 Å². The van der Waals surface area contributed by atoms with E-state index >= 15 is 0 Å². The number of benzene rings is 2. The third kappa shape index (κ3) is 4.39. The van der Waals surface area contributed by atoms with Crippen LogP contribution in [-0.2, 0) is 11.4 Å². The Kier molecular flexibility index (Phi) is 5.53. The highest BCUT2D eigenvalue weighted by molar-refractivity contribution is 8.00. The molecule has 1 saturated heterocycles. The number of hydrogen-bond acceptors (Lipinski definition) is 5. The molecule has 138 valence electrons. The molecular formula is C21H21N3O2S. The number of hydrogen-bond donors (Lipinski definition) is 0. The number of ether oxygens (including phenoxy) is 1. The van der Waals surface area contributed by atoms with E-state index in [2.05, 4.69) is 9.97 Å². The van der Waals surface area contributed by atoms with Gasteiger partial charge in [-0.2, -0.15) is 0 Å². The number of carbonyl (C=O) groups is 1. The van der Waals surface area contributed by atoms with E-state index in [1.54, 1.807) is 0 Å². The standard InChI is InChI=1S/C21H21N3O2S/c25-20(24-12-6-7-13-24)15-27-21-17-10-4-5-11-18(17)22-19(23-21)14-26-16-8-2-1-3-9-16/h1-5,8-11H,6-7,12-15H2. The normalized spacial score (nSPS) is 13.9. The molecule has 1 aliphatic heterocycles. The van der Waals surface area contributed by atoms with Crippen molar-refractivity contribution in [3.05, 3.63) is 60.4 Å². The molecule has 0 spiro atoms. The number of fused-ring (bicyclic) bond motifs is 1. The summed E-state index contributed by atoms with van der Waals surface area (Å²) in [5.41, 5.74) is 0.871. The summed E-state index contributed by atoms with van der Waals surface area (Å²) in [6.45, 7) is 2.04. The molecule has 1 aromatic heterocycles. The SMILES string of the molecule is O=C(CSc1nc(COc2ccccc2)nc2ccccc12)N1CCCC1. The highest BCUT2D eigenvalue weighted by Crippen LogP contribution is 2.26. The van der Waals surface area contributed by atoms with E-state index in [1.165, 1.54) is 11.8 Å². The van der Waals surface area contributed by atoms with Crippen LogP contribution < -0.4 is 4.74 Å². The van der Waals surface area contributed by atoms with Crippen LogP contribution in [0.5, 0.6) is 5.75 Å². The highest BCUT2D eigenvalue weighted by Gasteiger charge is 2.19. The minimum atomic E-state index is 0.183. The van der Waals surface area contributed by atoms with Crippen molar-refractivity contribution in [2.24, 2.45) is 0 Å². The van der Waals surface area contributed by atoms with Crippen LogP contribution in [0.15, 0.2) is 59.6 Å². The largest absolute Gasteiger partial charge is 0.486 e. The van der Waals surface area contributed by atoms with Crippen molar-refractivity contribution in [3.8, 4) is 5.75 Å². The first-order valence-corrected chi connectivity index (χ1v) is 10.1. The van der Waals surface area contributed by atoms with E-state index in [1.807, 2.05) is 59.5 Å². The number of carbonyl (C=O) groups excluding carboxylic acids is 1. The third-order valence-electron chi connectivity index (χ3n) is 4.52. The van der Waals surface area contributed by atoms with Gasteiger partial charge in [-0.15, -0.1) is 0 Å². The predicted octanol–water partition coefficient (Wildman–Crippen LogP) is 3.92. The monoisotopic (exact) mass is 379 g/mol. The van der Waals surface area contributed by atoms with Crippen molar-refractivity contribution in [3.63, 3.8) is 0 Å². The average molecular weight is 379 g/mol. The van der Waals surface area contributed by atoms with Gasteiger partial charge in [0.1, 0.15) is 17.4 Å². The fourth-order valence-electron chi connectivity index (χ4n) is 3.12. The Morgan fingerprint density at radius 1 is 1.00 bits per heavy atom. The summed E-state index contributed by atoms with van der Waals surface area (Å²) in [5.74, 6) is 1.99. The van der Waals surface area contributed by atoms with Gasteiger partial charge in [-0.25, -0.2) is 9.97 Å². The molecule has 2 aromatic carbocycles. The number of thioether (sulfide) groups is 1. The Labute approximate surface area is 162 Å². The topological polar surface area (TPSA) is 55.3 Å². The molecule has 4 rings (SSSR count). The van der Waals surface area contributed by atoms with Crippen molar-refractivity contribution in [2.75, 3.05) is 18.8 Å². The minimum Gasteiger partial charge on any atom is -0.486 e. The second kappa shape index (κ2) is 8.39. The fraction of sp³-hybridized carbons (Fsp3) is 0.286. The van der Waals surface area contributed by atoms with Gasteiger partial charge in [-0.05, 0) is 31.0 Å². The van der Waals surface area contributed by atoms with E-state index in [4.69, 9.17) is 4.74 Å². The molecule has 27 heavy (non-hydrogen) atoms. The second-order valence-electron chi connectivity index (χ2n) is 6.44. The van der Waals surface area contributed by atoms with Crippen molar-refractivity contribution in [1.29, 1.82) is 0 Å². The highest BCUT2D eigenvalue weighted by atomic mass is 32.2. The lowest BCUT2D eigenvalue weighted by Crippen LogP contribution is -2.29. The molecule has 0 saturated carbocycles. The number of amides is 1. The molecule has 0 radical (unpaired) electrons. The first-order chi connectivity index (χ1) is 13.3. The van der Waals surface area contributed by atoms with Gasteiger partial charge in [-0.3, -0.25) is 4.79 Å². The average Bonchev–Trinajstić information content (AvgIpc) is 3.26. The quantitative estimate of drug-likeness (QED) is 0.480. The zero-order chi connectivity index (χ0) is 18.5. The molecule has 0 unspecified atom stereocenters. The summed E-state index contributed by atoms with van der Waals surface area (Å²) in [5, 5.41) is 1.81. The first kappa shape index (κ1) is 17.8. The number of para-hydroxylation sites is 2. The van der Waals surface area contributed by atoms with Crippen LogP contribution in [-0.4, -0.2) is 39.6 Å². The molecule has 0 atom stereocenters. The van der Waals surface area contributed by atoms with Crippen LogP contribution >= 0.6 is 11.8 Å². The van der Waals surface area contributed by atoms with E-state index in [0.717, 1.165) is 47.6 Å². The molecule has 5 nitrogen and oxygen atoms in total. The number of likely N-dealkylation sites (tertiary alicyclic amines) is 1. The molecule has 2 heterocycles. The summed E-state index contributed by atoms with van der Waals surface area (Å²) in [6, 6.07) is 17.5. The lowest BCUT2D eigenvalue weighted by atomic mass is 10.2. The zero-order valence-corrected chi connectivity index (χ0v) is 15.8. The number of nitrogens with zero attached hydrogens (tertiary/aromatic N) is 3. The van der Waals surface area contributed by atoms with Gasteiger partial charge in [0.15, 0.2) is 5.82 Å². The fourth-order valence-corrected chi connectivity index (χ4v) is 4.06. The van der Waals surface area contributed by atoms with Crippen molar-refractivity contribution >= 4 is 28.6 Å². The summed E-state index contributed by atoms with van der Waals surface area (Å²) in [4.78, 5) is 23.6. The molecule has 0 N–H and O–H groups in total. The minimum absolute atomic E-state index is 0.183. The van der Waals surface area contributed by atoms with Gasteiger partial charge < -0.3 is 9.64 Å². The lowest BCUT2D eigenvalue weighted by molar-refractivity contribution is -0.127. The van der Waals surface area contributed by atoms with Gasteiger partial charge in [0, 0.05) is 18.5 Å². The Balaban J connectivity index is 1.52. The molecule has 3 aromatic rings. The van der Waals surface area contributed by atoms with Gasteiger partial charge in [0.05, 0.1) is 11.3 Å². The van der Waals surface area contributed by atoms with Gasteiger partial charge in [0.25, 0.3) is 0 Å². The van der Waals surface area contributed by atoms with E-state index in [0.29, 0.717) is 18.2 Å². The first-order valence-electron chi connectivity index (χ1n) is 9.14. The summed E-state index contributed by atoms with van der Waals surface area (Å²) >= 11 is 1.48. The second-order valence-corrected chi connectivity index (χ2v) is 7.40. The molecule has 0 bridgehead atoms. The van der Waals surface area contributed by atoms with Crippen molar-refractivity contribution in [1.82, 2.24) is 14.9 Å². The molecule has 6 heteroatoms. The van der Waals surface area contributed by atoms with Gasteiger partial charge in [0.2, 0.25) is 5.91 Å². The Bertz CT molecular complexity index is 927. The summed E-state index contributed by atoms with van der Waals surface area (Å²) in [7, 11) is 0. The summed E-state index contributed by atoms with van der Waals surface area (Å²) in [6.07, 6.45) is 2.21. The summed E-state index contributed by atoms with van der Waals surface area (Å²) < 4.78 is 5.79. The van der Waals surface area contributed by atoms with Gasteiger partial charge >= 0.3 is 0 Å². The maximum Gasteiger partial charge on any atom is 0.232 e. The number of aromatic nitrogens is 2. The molecule has 0 aliphatic carbocycles. The molecule has 1 amide bonds. The van der Waals surface area contributed by atoms with Crippen molar-refractivity contribution < 1.29 is 9.53 Å². The van der Waals surface area contributed by atoms with Crippen LogP contribution in [0.4, 0.5) is 0 Å². The van der Waals surface area contributed by atoms with Crippen LogP contribution in [0.25, 0.3) is 10.9 Å². The lowest BCUT2D eigenvalue weighted by Gasteiger charge is -2.15. The smallest absolute Gasteiger partial charge is 0.232 e. The van der Waals surface area contributed by atoms with E-state index < -0.39 is 0 Å². The van der Waals surface area contributed by atoms with Crippen molar-refractivity contribution in [2.45, 2.75) is 24.5 Å². The van der Waals surface area contributed by atoms with Crippen LogP contribution in [0, 0.1) is 0 Å². The van der Waals surface area contributed by atoms with E-state index in [9.17, 15) is 4.79 Å². The molecular weight excluding hydrogens is 358 g/mol. The third-order valence-corrected chi connectivity index (χ3v) is 5.49. The van der Waals surface area contributed by atoms with Crippen LogP contribution in [0.1, 0.15) is 18.7 Å². The van der Waals surface area contributed by atoms with E-state index in [-0.39, 0.29) is 5.91 Å². The predicted molar refractivity (Wildman–Crippen MR) is 107 cm³/mol. The van der Waals surface area contributed by atoms with Crippen LogP contribution in [0.3, 0.4) is 0 Å². The zero-order valence-electron chi connectivity index (χ0n) is 15.0. The number of rotatable bonds is 6. The Morgan fingerprint density at radius 3 is 2.56 bits per heavy atom. The molecule has 1 aliphatic rings. The Hall–Kier alpha value is -2.60. The maximum absolute atomic E-state index is 12.4. The maximum atomic E-state index is 12.4. The molecule has 1 fully saturated rings. The Morgan fingerprint density at radius 2 is 1.74 bits per heavy atom.